The third kappa shape index (κ3) is 3.03. The van der Waals surface area contributed by atoms with Gasteiger partial charge in [0.1, 0.15) is 5.01 Å². The molecular weight excluding hydrogens is 240 g/mol. The molecule has 1 fully saturated rings. The van der Waals surface area contributed by atoms with Crippen LogP contribution in [-0.2, 0) is 11.3 Å². The Hall–Kier alpha value is -1.43. The van der Waals surface area contributed by atoms with Crippen molar-refractivity contribution in [1.29, 1.82) is 0 Å². The summed E-state index contributed by atoms with van der Waals surface area (Å²) in [6, 6.07) is 0. The minimum Gasteiger partial charge on any atom is -0.476 e. The van der Waals surface area contributed by atoms with Crippen LogP contribution in [0.2, 0.25) is 0 Å². The van der Waals surface area contributed by atoms with Crippen molar-refractivity contribution in [2.45, 2.75) is 32.2 Å². The molecule has 0 aromatic carbocycles. The van der Waals surface area contributed by atoms with Crippen molar-refractivity contribution in [2.24, 2.45) is 5.92 Å². The van der Waals surface area contributed by atoms with Gasteiger partial charge in [-0.05, 0) is 12.8 Å². The van der Waals surface area contributed by atoms with E-state index in [-0.39, 0.29) is 17.5 Å². The average Bonchev–Trinajstić information content (AvgIpc) is 2.97. The van der Waals surface area contributed by atoms with E-state index < -0.39 is 5.97 Å². The van der Waals surface area contributed by atoms with Crippen molar-refractivity contribution < 1.29 is 14.7 Å². The van der Waals surface area contributed by atoms with Crippen LogP contribution in [0.4, 0.5) is 0 Å². The predicted octanol–water partition coefficient (Wildman–Crippen LogP) is 1.65. The second-order valence-corrected chi connectivity index (χ2v) is 5.07. The van der Waals surface area contributed by atoms with E-state index in [1.54, 1.807) is 0 Å². The maximum absolute atomic E-state index is 11.7. The molecule has 17 heavy (non-hydrogen) atoms. The molecule has 6 heteroatoms. The van der Waals surface area contributed by atoms with Gasteiger partial charge in [0.25, 0.3) is 0 Å². The first kappa shape index (κ1) is 12.0. The Morgan fingerprint density at radius 1 is 1.47 bits per heavy atom. The van der Waals surface area contributed by atoms with Crippen molar-refractivity contribution in [3.05, 3.63) is 16.1 Å². The Labute approximate surface area is 103 Å². The van der Waals surface area contributed by atoms with E-state index in [1.165, 1.54) is 16.7 Å². The molecule has 0 spiro atoms. The Bertz CT molecular complexity index is 424. The summed E-state index contributed by atoms with van der Waals surface area (Å²) >= 11 is 1.26. The van der Waals surface area contributed by atoms with Gasteiger partial charge in [0, 0.05) is 11.3 Å². The first-order chi connectivity index (χ1) is 8.16. The minimum atomic E-state index is -1.03. The molecule has 0 unspecified atom stereocenters. The molecule has 0 saturated heterocycles. The van der Waals surface area contributed by atoms with Crippen molar-refractivity contribution in [1.82, 2.24) is 10.3 Å². The van der Waals surface area contributed by atoms with E-state index in [9.17, 15) is 9.59 Å². The first-order valence-corrected chi connectivity index (χ1v) is 6.50. The molecule has 1 saturated carbocycles. The van der Waals surface area contributed by atoms with Crippen molar-refractivity contribution in [2.75, 3.05) is 0 Å². The number of rotatable bonds is 4. The zero-order valence-corrected chi connectivity index (χ0v) is 10.1. The molecule has 1 aromatic rings. The monoisotopic (exact) mass is 254 g/mol. The Balaban J connectivity index is 1.84. The van der Waals surface area contributed by atoms with Crippen LogP contribution in [0.15, 0.2) is 5.38 Å². The molecular formula is C11H14N2O3S. The van der Waals surface area contributed by atoms with Gasteiger partial charge in [0.2, 0.25) is 5.91 Å². The summed E-state index contributed by atoms with van der Waals surface area (Å²) in [5.41, 5.74) is 0.0418. The molecule has 1 heterocycles. The van der Waals surface area contributed by atoms with Crippen molar-refractivity contribution >= 4 is 23.2 Å². The van der Waals surface area contributed by atoms with E-state index in [0.717, 1.165) is 25.7 Å². The van der Waals surface area contributed by atoms with Gasteiger partial charge in [-0.1, -0.05) is 12.8 Å². The van der Waals surface area contributed by atoms with Crippen LogP contribution >= 0.6 is 11.3 Å². The lowest BCUT2D eigenvalue weighted by Crippen LogP contribution is -2.28. The molecule has 2 rings (SSSR count). The summed E-state index contributed by atoms with van der Waals surface area (Å²) in [5.74, 6) is -0.835. The number of hydrogen-bond donors (Lipinski definition) is 2. The van der Waals surface area contributed by atoms with E-state index >= 15 is 0 Å². The summed E-state index contributed by atoms with van der Waals surface area (Å²) in [6.45, 7) is 0.327. The number of nitrogens with one attached hydrogen (secondary N) is 1. The third-order valence-corrected chi connectivity index (χ3v) is 3.76. The van der Waals surface area contributed by atoms with Gasteiger partial charge in [-0.25, -0.2) is 9.78 Å². The second-order valence-electron chi connectivity index (χ2n) is 4.13. The van der Waals surface area contributed by atoms with Gasteiger partial charge in [-0.2, -0.15) is 0 Å². The average molecular weight is 254 g/mol. The van der Waals surface area contributed by atoms with Gasteiger partial charge in [0.15, 0.2) is 5.69 Å². The summed E-state index contributed by atoms with van der Waals surface area (Å²) in [5, 5.41) is 13.6. The normalized spacial score (nSPS) is 16.0. The number of thiazole rings is 1. The number of nitrogens with zero attached hydrogens (tertiary/aromatic N) is 1. The zero-order valence-electron chi connectivity index (χ0n) is 9.31. The fourth-order valence-corrected chi connectivity index (χ4v) is 2.69. The number of aromatic nitrogens is 1. The maximum Gasteiger partial charge on any atom is 0.355 e. The Morgan fingerprint density at radius 3 is 2.76 bits per heavy atom. The van der Waals surface area contributed by atoms with Gasteiger partial charge in [0.05, 0.1) is 6.54 Å². The number of amides is 1. The quantitative estimate of drug-likeness (QED) is 0.856. The molecule has 1 aliphatic carbocycles. The summed E-state index contributed by atoms with van der Waals surface area (Å²) < 4.78 is 0. The van der Waals surface area contributed by atoms with Crippen LogP contribution in [-0.4, -0.2) is 22.0 Å². The van der Waals surface area contributed by atoms with Gasteiger partial charge in [-0.15, -0.1) is 11.3 Å². The SMILES string of the molecule is O=C(O)c1csc(CNC(=O)C2CCCC2)n1. The Kier molecular flexibility index (Phi) is 3.73. The third-order valence-electron chi connectivity index (χ3n) is 2.91. The first-order valence-electron chi connectivity index (χ1n) is 5.62. The standard InChI is InChI=1S/C11H14N2O3S/c14-10(7-3-1-2-4-7)12-5-9-13-8(6-17-9)11(15)16/h6-7H,1-5H2,(H,12,14)(H,15,16). The largest absolute Gasteiger partial charge is 0.476 e. The predicted molar refractivity (Wildman–Crippen MR) is 62.9 cm³/mol. The number of carboxylic acid groups (broad SMARTS) is 1. The highest BCUT2D eigenvalue weighted by Gasteiger charge is 2.22. The van der Waals surface area contributed by atoms with Crippen LogP contribution < -0.4 is 5.32 Å². The molecule has 1 aromatic heterocycles. The van der Waals surface area contributed by atoms with E-state index in [1.807, 2.05) is 0 Å². The fourth-order valence-electron chi connectivity index (χ4n) is 1.99. The van der Waals surface area contributed by atoms with Crippen molar-refractivity contribution in [3.8, 4) is 0 Å². The fraction of sp³-hybridized carbons (Fsp3) is 0.545. The second kappa shape index (κ2) is 5.27. The van der Waals surface area contributed by atoms with Crippen LogP contribution in [0.3, 0.4) is 0 Å². The summed E-state index contributed by atoms with van der Waals surface area (Å²) in [7, 11) is 0. The highest BCUT2D eigenvalue weighted by molar-refractivity contribution is 7.09. The molecule has 5 nitrogen and oxygen atoms in total. The molecule has 0 atom stereocenters. The number of carbonyl (C=O) groups excluding carboxylic acids is 1. The smallest absolute Gasteiger partial charge is 0.355 e. The van der Waals surface area contributed by atoms with Crippen LogP contribution in [0.5, 0.6) is 0 Å². The number of hydrogen-bond acceptors (Lipinski definition) is 4. The topological polar surface area (TPSA) is 79.3 Å². The van der Waals surface area contributed by atoms with Crippen LogP contribution in [0.1, 0.15) is 41.2 Å². The lowest BCUT2D eigenvalue weighted by molar-refractivity contribution is -0.124. The number of carbonyl (C=O) groups is 2. The van der Waals surface area contributed by atoms with Crippen molar-refractivity contribution in [3.63, 3.8) is 0 Å². The van der Waals surface area contributed by atoms with Crippen LogP contribution in [0.25, 0.3) is 0 Å². The molecule has 0 radical (unpaired) electrons. The number of aromatic carboxylic acids is 1. The lowest BCUT2D eigenvalue weighted by Gasteiger charge is -2.08. The summed E-state index contributed by atoms with van der Waals surface area (Å²) in [4.78, 5) is 26.2. The molecule has 2 N–H and O–H groups in total. The van der Waals surface area contributed by atoms with E-state index in [4.69, 9.17) is 5.11 Å². The van der Waals surface area contributed by atoms with Gasteiger partial charge < -0.3 is 10.4 Å². The molecule has 92 valence electrons. The van der Waals surface area contributed by atoms with Gasteiger partial charge >= 0.3 is 5.97 Å². The van der Waals surface area contributed by atoms with Gasteiger partial charge in [-0.3, -0.25) is 4.79 Å². The van der Waals surface area contributed by atoms with Crippen LogP contribution in [0, 0.1) is 5.92 Å². The van der Waals surface area contributed by atoms with E-state index in [0.29, 0.717) is 11.6 Å². The number of carboxylic acids is 1. The molecule has 1 amide bonds. The minimum absolute atomic E-state index is 0.0418. The maximum atomic E-state index is 11.7. The summed E-state index contributed by atoms with van der Waals surface area (Å²) in [6.07, 6.45) is 4.17. The molecule has 0 aliphatic heterocycles. The van der Waals surface area contributed by atoms with E-state index in [2.05, 4.69) is 10.3 Å². The molecule has 1 aliphatic rings. The lowest BCUT2D eigenvalue weighted by atomic mass is 10.1. The molecule has 0 bridgehead atoms. The zero-order chi connectivity index (χ0) is 12.3. The highest BCUT2D eigenvalue weighted by atomic mass is 32.1. The Morgan fingerprint density at radius 2 is 2.18 bits per heavy atom. The highest BCUT2D eigenvalue weighted by Crippen LogP contribution is 2.24.